The second kappa shape index (κ2) is 10.4. The normalized spacial score (nSPS) is 10.9. The molecule has 9 heteroatoms. The molecule has 2 heterocycles. The van der Waals surface area contributed by atoms with Crippen molar-refractivity contribution in [2.24, 2.45) is 0 Å². The first-order valence-corrected chi connectivity index (χ1v) is 11.3. The Labute approximate surface area is 207 Å². The summed E-state index contributed by atoms with van der Waals surface area (Å²) in [5, 5.41) is 3.11. The molecule has 36 heavy (non-hydrogen) atoms. The summed E-state index contributed by atoms with van der Waals surface area (Å²) in [6.45, 7) is 3.49. The number of hydrogen-bond donors (Lipinski definition) is 1. The topological polar surface area (TPSA) is 112 Å². The molecule has 0 bridgehead atoms. The number of rotatable bonds is 8. The molecular formula is C27H26N4O5. The number of ether oxygens (including phenoxy) is 2. The van der Waals surface area contributed by atoms with Gasteiger partial charge in [0, 0.05) is 22.7 Å². The minimum absolute atomic E-state index is 0.0854. The predicted octanol–water partition coefficient (Wildman–Crippen LogP) is 3.48. The molecule has 0 aliphatic carbocycles. The van der Waals surface area contributed by atoms with E-state index in [0.29, 0.717) is 50.6 Å². The number of carbonyl (C=O) groups excluding carboxylic acids is 2. The number of pyridine rings is 1. The summed E-state index contributed by atoms with van der Waals surface area (Å²) in [5.41, 5.74) is 2.10. The molecule has 1 amide bonds. The Morgan fingerprint density at radius 1 is 1.06 bits per heavy atom. The molecule has 2 aromatic heterocycles. The fraction of sp³-hybridized carbons (Fsp3) is 0.222. The Balaban J connectivity index is 1.92. The van der Waals surface area contributed by atoms with Gasteiger partial charge in [-0.1, -0.05) is 12.1 Å². The highest BCUT2D eigenvalue weighted by Crippen LogP contribution is 2.27. The van der Waals surface area contributed by atoms with E-state index in [0.717, 1.165) is 6.29 Å². The summed E-state index contributed by atoms with van der Waals surface area (Å²) >= 11 is 0. The van der Waals surface area contributed by atoms with Gasteiger partial charge in [-0.3, -0.25) is 23.9 Å². The summed E-state index contributed by atoms with van der Waals surface area (Å²) in [6.07, 6.45) is 2.23. The molecule has 0 radical (unpaired) electrons. The Morgan fingerprint density at radius 2 is 1.81 bits per heavy atom. The zero-order chi connectivity index (χ0) is 25.8. The third kappa shape index (κ3) is 5.10. The predicted molar refractivity (Wildman–Crippen MR) is 136 cm³/mol. The van der Waals surface area contributed by atoms with Crippen LogP contribution in [0.4, 0.5) is 0 Å². The minimum Gasteiger partial charge on any atom is -0.497 e. The molecule has 0 fully saturated rings. The van der Waals surface area contributed by atoms with Crippen molar-refractivity contribution in [1.82, 2.24) is 19.9 Å². The van der Waals surface area contributed by atoms with Crippen LogP contribution in [0.3, 0.4) is 0 Å². The van der Waals surface area contributed by atoms with Gasteiger partial charge in [0.2, 0.25) is 5.91 Å². The highest BCUT2D eigenvalue weighted by atomic mass is 16.5. The molecule has 4 rings (SSSR count). The van der Waals surface area contributed by atoms with Crippen LogP contribution in [0.1, 0.15) is 24.2 Å². The second-order valence-corrected chi connectivity index (χ2v) is 8.48. The van der Waals surface area contributed by atoms with Crippen LogP contribution in [0.15, 0.2) is 59.5 Å². The fourth-order valence-corrected chi connectivity index (χ4v) is 3.88. The highest BCUT2D eigenvalue weighted by Gasteiger charge is 2.18. The number of carbonyl (C=O) groups is 2. The van der Waals surface area contributed by atoms with E-state index in [-0.39, 0.29) is 24.1 Å². The van der Waals surface area contributed by atoms with E-state index in [2.05, 4.69) is 10.3 Å². The average molecular weight is 487 g/mol. The summed E-state index contributed by atoms with van der Waals surface area (Å²) in [5.74, 6) is 1.10. The summed E-state index contributed by atoms with van der Waals surface area (Å²) in [4.78, 5) is 47.0. The van der Waals surface area contributed by atoms with Crippen LogP contribution in [0.5, 0.6) is 11.5 Å². The van der Waals surface area contributed by atoms with Crippen molar-refractivity contribution in [2.75, 3.05) is 14.2 Å². The van der Waals surface area contributed by atoms with E-state index < -0.39 is 0 Å². The third-order valence-electron chi connectivity index (χ3n) is 5.52. The maximum absolute atomic E-state index is 13.7. The first-order chi connectivity index (χ1) is 17.3. The SMILES string of the molecule is COc1cc(C=O)cc(-c2cc3c(=O)n(CC(=O)NC(C)C)c(-c4cccc(OC)c4)nc3cn2)c1. The van der Waals surface area contributed by atoms with E-state index in [1.54, 1.807) is 55.6 Å². The first-order valence-electron chi connectivity index (χ1n) is 11.3. The van der Waals surface area contributed by atoms with Gasteiger partial charge in [0.15, 0.2) is 0 Å². The van der Waals surface area contributed by atoms with Gasteiger partial charge < -0.3 is 14.8 Å². The largest absolute Gasteiger partial charge is 0.497 e. The van der Waals surface area contributed by atoms with Gasteiger partial charge in [0.1, 0.15) is 30.2 Å². The lowest BCUT2D eigenvalue weighted by atomic mass is 10.1. The molecule has 1 N–H and O–H groups in total. The van der Waals surface area contributed by atoms with Crippen LogP contribution in [0.2, 0.25) is 0 Å². The molecule has 9 nitrogen and oxygen atoms in total. The van der Waals surface area contributed by atoms with E-state index in [4.69, 9.17) is 14.5 Å². The lowest BCUT2D eigenvalue weighted by Crippen LogP contribution is -2.37. The third-order valence-corrected chi connectivity index (χ3v) is 5.52. The number of amides is 1. The zero-order valence-corrected chi connectivity index (χ0v) is 20.4. The number of methoxy groups -OCH3 is 2. The van der Waals surface area contributed by atoms with Crippen molar-refractivity contribution in [3.8, 4) is 34.1 Å². The Kier molecular flexibility index (Phi) is 7.10. The summed E-state index contributed by atoms with van der Waals surface area (Å²) in [6, 6.07) is 13.7. The second-order valence-electron chi connectivity index (χ2n) is 8.48. The minimum atomic E-state index is -0.390. The molecule has 4 aromatic rings. The van der Waals surface area contributed by atoms with Crippen LogP contribution in [0.25, 0.3) is 33.5 Å². The number of hydrogen-bond acceptors (Lipinski definition) is 7. The Bertz CT molecular complexity index is 1510. The van der Waals surface area contributed by atoms with Gasteiger partial charge in [-0.15, -0.1) is 0 Å². The van der Waals surface area contributed by atoms with Gasteiger partial charge in [-0.2, -0.15) is 0 Å². The molecule has 0 unspecified atom stereocenters. The van der Waals surface area contributed by atoms with Gasteiger partial charge in [-0.25, -0.2) is 4.98 Å². The van der Waals surface area contributed by atoms with Gasteiger partial charge in [0.25, 0.3) is 5.56 Å². The van der Waals surface area contributed by atoms with Gasteiger partial charge >= 0.3 is 0 Å². The maximum atomic E-state index is 13.7. The van der Waals surface area contributed by atoms with Crippen molar-refractivity contribution in [3.63, 3.8) is 0 Å². The molecule has 0 spiro atoms. The number of nitrogens with one attached hydrogen (secondary N) is 1. The quantitative estimate of drug-likeness (QED) is 0.380. The smallest absolute Gasteiger partial charge is 0.262 e. The molecular weight excluding hydrogens is 460 g/mol. The molecule has 184 valence electrons. The number of fused-ring (bicyclic) bond motifs is 1. The van der Waals surface area contributed by atoms with Gasteiger partial charge in [-0.05, 0) is 50.2 Å². The first kappa shape index (κ1) is 24.6. The lowest BCUT2D eigenvalue weighted by Gasteiger charge is -2.16. The van der Waals surface area contributed by atoms with Crippen molar-refractivity contribution in [2.45, 2.75) is 26.4 Å². The molecule has 0 aliphatic rings. The molecule has 0 saturated carbocycles. The van der Waals surface area contributed by atoms with Gasteiger partial charge in [0.05, 0.1) is 37.0 Å². The van der Waals surface area contributed by atoms with Crippen molar-refractivity contribution in [1.29, 1.82) is 0 Å². The Morgan fingerprint density at radius 3 is 2.50 bits per heavy atom. The zero-order valence-electron chi connectivity index (χ0n) is 20.4. The number of aldehydes is 1. The number of aromatic nitrogens is 3. The van der Waals surface area contributed by atoms with Crippen LogP contribution in [-0.2, 0) is 11.3 Å². The Hall–Kier alpha value is -4.53. The van der Waals surface area contributed by atoms with Crippen LogP contribution < -0.4 is 20.3 Å². The van der Waals surface area contributed by atoms with Crippen LogP contribution in [-0.4, -0.2) is 47.0 Å². The standard InChI is InChI=1S/C27H26N4O5/c1-16(2)29-25(33)14-31-26(18-6-5-7-20(10-18)35-3)30-24-13-28-23(12-22(24)27(31)34)19-8-17(15-32)9-21(11-19)36-4/h5-13,15-16H,14H2,1-4H3,(H,29,33). The lowest BCUT2D eigenvalue weighted by molar-refractivity contribution is -0.122. The van der Waals surface area contributed by atoms with E-state index in [1.807, 2.05) is 13.8 Å². The van der Waals surface area contributed by atoms with Crippen molar-refractivity contribution < 1.29 is 19.1 Å². The number of nitrogens with zero attached hydrogens (tertiary/aromatic N) is 3. The highest BCUT2D eigenvalue weighted by molar-refractivity contribution is 5.86. The van der Waals surface area contributed by atoms with Crippen molar-refractivity contribution in [3.05, 3.63) is 70.6 Å². The fourth-order valence-electron chi connectivity index (χ4n) is 3.88. The molecule has 0 atom stereocenters. The van der Waals surface area contributed by atoms with Crippen LogP contribution >= 0.6 is 0 Å². The van der Waals surface area contributed by atoms with Crippen molar-refractivity contribution >= 4 is 23.1 Å². The number of benzene rings is 2. The maximum Gasteiger partial charge on any atom is 0.262 e. The van der Waals surface area contributed by atoms with E-state index in [9.17, 15) is 14.4 Å². The van der Waals surface area contributed by atoms with Crippen LogP contribution in [0, 0.1) is 0 Å². The van der Waals surface area contributed by atoms with E-state index >= 15 is 0 Å². The molecule has 0 saturated heterocycles. The molecule has 2 aromatic carbocycles. The van der Waals surface area contributed by atoms with E-state index in [1.165, 1.54) is 17.9 Å². The summed E-state index contributed by atoms with van der Waals surface area (Å²) in [7, 11) is 3.06. The monoisotopic (exact) mass is 486 g/mol. The molecule has 0 aliphatic heterocycles. The summed E-state index contributed by atoms with van der Waals surface area (Å²) < 4.78 is 12.0. The average Bonchev–Trinajstić information content (AvgIpc) is 2.89.